The number of para-hydroxylation sites is 1. The van der Waals surface area contributed by atoms with Crippen LogP contribution in [0.15, 0.2) is 29.1 Å². The van der Waals surface area contributed by atoms with Crippen LogP contribution < -0.4 is 5.43 Å². The number of fused-ring (bicyclic) bond motifs is 1. The molecule has 16 heavy (non-hydrogen) atoms. The number of methoxy groups -OCH3 is 1. The minimum Gasteiger partial charge on any atom is -0.464 e. The molecule has 1 aromatic heterocycles. The van der Waals surface area contributed by atoms with E-state index in [0.29, 0.717) is 10.9 Å². The third-order valence-corrected chi connectivity index (χ3v) is 2.48. The van der Waals surface area contributed by atoms with Gasteiger partial charge in [-0.2, -0.15) is 0 Å². The van der Waals surface area contributed by atoms with Crippen LogP contribution in [0, 0.1) is 6.92 Å². The summed E-state index contributed by atoms with van der Waals surface area (Å²) in [6.07, 6.45) is 0. The molecule has 0 aliphatic carbocycles. The number of benzene rings is 1. The van der Waals surface area contributed by atoms with Crippen LogP contribution in [-0.4, -0.2) is 18.1 Å². The number of carbonyl (C=O) groups is 1. The molecule has 1 N–H and O–H groups in total. The third kappa shape index (κ3) is 1.58. The van der Waals surface area contributed by atoms with Crippen LogP contribution in [0.2, 0.25) is 0 Å². The smallest absolute Gasteiger partial charge is 0.354 e. The van der Waals surface area contributed by atoms with Gasteiger partial charge in [0.2, 0.25) is 0 Å². The first kappa shape index (κ1) is 10.4. The summed E-state index contributed by atoms with van der Waals surface area (Å²) < 4.78 is 4.57. The van der Waals surface area contributed by atoms with Gasteiger partial charge in [0.25, 0.3) is 0 Å². The summed E-state index contributed by atoms with van der Waals surface area (Å²) in [4.78, 5) is 26.0. The predicted molar refractivity (Wildman–Crippen MR) is 60.6 cm³/mol. The maximum Gasteiger partial charge on any atom is 0.354 e. The van der Waals surface area contributed by atoms with E-state index in [2.05, 4.69) is 9.72 Å². The predicted octanol–water partition coefficient (Wildman–Crippen LogP) is 1.62. The molecule has 0 atom stereocenters. The molecule has 1 heterocycles. The first-order valence-corrected chi connectivity index (χ1v) is 4.84. The lowest BCUT2D eigenvalue weighted by Gasteiger charge is -2.04. The number of ether oxygens (including phenoxy) is 1. The van der Waals surface area contributed by atoms with E-state index in [1.165, 1.54) is 13.2 Å². The van der Waals surface area contributed by atoms with E-state index in [-0.39, 0.29) is 11.1 Å². The van der Waals surface area contributed by atoms with Crippen LogP contribution in [0.4, 0.5) is 0 Å². The van der Waals surface area contributed by atoms with Crippen LogP contribution in [0.1, 0.15) is 16.1 Å². The number of aromatic amines is 1. The minimum absolute atomic E-state index is 0.175. The lowest BCUT2D eigenvalue weighted by atomic mass is 10.1. The van der Waals surface area contributed by atoms with Crippen molar-refractivity contribution in [1.29, 1.82) is 0 Å². The van der Waals surface area contributed by atoms with Gasteiger partial charge in [0.15, 0.2) is 5.43 Å². The molecule has 0 bridgehead atoms. The molecular weight excluding hydrogens is 206 g/mol. The van der Waals surface area contributed by atoms with Gasteiger partial charge in [-0.1, -0.05) is 12.1 Å². The van der Waals surface area contributed by atoms with Crippen molar-refractivity contribution in [2.24, 2.45) is 0 Å². The van der Waals surface area contributed by atoms with Gasteiger partial charge in [0.1, 0.15) is 5.69 Å². The van der Waals surface area contributed by atoms with Gasteiger partial charge in [0.05, 0.1) is 12.6 Å². The van der Waals surface area contributed by atoms with Crippen molar-refractivity contribution < 1.29 is 9.53 Å². The summed E-state index contributed by atoms with van der Waals surface area (Å²) in [5.74, 6) is -0.540. The van der Waals surface area contributed by atoms with Crippen molar-refractivity contribution in [1.82, 2.24) is 4.98 Å². The number of aromatic nitrogens is 1. The fraction of sp³-hybridized carbons (Fsp3) is 0.167. The molecule has 2 rings (SSSR count). The van der Waals surface area contributed by atoms with Gasteiger partial charge in [-0.3, -0.25) is 4.79 Å². The lowest BCUT2D eigenvalue weighted by molar-refractivity contribution is 0.0594. The molecule has 1 aromatic carbocycles. The Morgan fingerprint density at radius 2 is 2.12 bits per heavy atom. The summed E-state index contributed by atoms with van der Waals surface area (Å²) in [5, 5.41) is 0.577. The Hall–Kier alpha value is -2.10. The van der Waals surface area contributed by atoms with Crippen molar-refractivity contribution in [3.05, 3.63) is 45.7 Å². The Bertz CT molecular complexity index is 613. The third-order valence-electron chi connectivity index (χ3n) is 2.48. The maximum absolute atomic E-state index is 11.7. The SMILES string of the molecule is COC(=O)c1cc(=O)c2cccc(C)c2[nH]1. The zero-order valence-corrected chi connectivity index (χ0v) is 9.03. The average Bonchev–Trinajstić information content (AvgIpc) is 2.29. The monoisotopic (exact) mass is 217 g/mol. The zero-order chi connectivity index (χ0) is 11.7. The number of aryl methyl sites for hydroxylation is 1. The highest BCUT2D eigenvalue weighted by Crippen LogP contribution is 2.13. The summed E-state index contributed by atoms with van der Waals surface area (Å²) in [6, 6.07) is 6.67. The summed E-state index contributed by atoms with van der Waals surface area (Å²) in [6.45, 7) is 1.87. The minimum atomic E-state index is -0.540. The summed E-state index contributed by atoms with van der Waals surface area (Å²) >= 11 is 0. The largest absolute Gasteiger partial charge is 0.464 e. The zero-order valence-electron chi connectivity index (χ0n) is 9.03. The molecule has 0 unspecified atom stereocenters. The average molecular weight is 217 g/mol. The molecule has 0 aliphatic rings. The van der Waals surface area contributed by atoms with Gasteiger partial charge in [-0.05, 0) is 18.6 Å². The molecule has 82 valence electrons. The van der Waals surface area contributed by atoms with E-state index in [9.17, 15) is 9.59 Å². The number of carbonyl (C=O) groups excluding carboxylic acids is 1. The van der Waals surface area contributed by atoms with Crippen molar-refractivity contribution in [2.45, 2.75) is 6.92 Å². The maximum atomic E-state index is 11.7. The number of rotatable bonds is 1. The molecule has 0 radical (unpaired) electrons. The normalized spacial score (nSPS) is 10.4. The van der Waals surface area contributed by atoms with Crippen LogP contribution in [0.25, 0.3) is 10.9 Å². The van der Waals surface area contributed by atoms with Gasteiger partial charge in [-0.25, -0.2) is 4.79 Å². The Morgan fingerprint density at radius 3 is 2.81 bits per heavy atom. The topological polar surface area (TPSA) is 59.2 Å². The number of pyridine rings is 1. The molecule has 2 aromatic rings. The highest BCUT2D eigenvalue weighted by atomic mass is 16.5. The van der Waals surface area contributed by atoms with Crippen LogP contribution in [0.5, 0.6) is 0 Å². The van der Waals surface area contributed by atoms with E-state index in [0.717, 1.165) is 5.56 Å². The second-order valence-corrected chi connectivity index (χ2v) is 3.54. The van der Waals surface area contributed by atoms with E-state index >= 15 is 0 Å². The van der Waals surface area contributed by atoms with Crippen LogP contribution in [-0.2, 0) is 4.74 Å². The quantitative estimate of drug-likeness (QED) is 0.738. The molecule has 0 fully saturated rings. The molecule has 0 amide bonds. The van der Waals surface area contributed by atoms with Crippen LogP contribution in [0.3, 0.4) is 0 Å². The second-order valence-electron chi connectivity index (χ2n) is 3.54. The fourth-order valence-electron chi connectivity index (χ4n) is 1.64. The van der Waals surface area contributed by atoms with Gasteiger partial charge >= 0.3 is 5.97 Å². The van der Waals surface area contributed by atoms with Crippen LogP contribution >= 0.6 is 0 Å². The Labute approximate surface area is 91.9 Å². The molecule has 4 heteroatoms. The van der Waals surface area contributed by atoms with Crippen molar-refractivity contribution in [3.8, 4) is 0 Å². The van der Waals surface area contributed by atoms with Gasteiger partial charge < -0.3 is 9.72 Å². The standard InChI is InChI=1S/C12H11NO3/c1-7-4-3-5-8-10(14)6-9(12(15)16-2)13-11(7)8/h3-6H,1-2H3,(H,13,14). The molecule has 0 saturated carbocycles. The van der Waals surface area contributed by atoms with Crippen molar-refractivity contribution >= 4 is 16.9 Å². The highest BCUT2D eigenvalue weighted by Gasteiger charge is 2.10. The molecule has 0 saturated heterocycles. The van der Waals surface area contributed by atoms with E-state index < -0.39 is 5.97 Å². The lowest BCUT2D eigenvalue weighted by Crippen LogP contribution is -2.11. The van der Waals surface area contributed by atoms with E-state index in [1.54, 1.807) is 6.07 Å². The Morgan fingerprint density at radius 1 is 1.38 bits per heavy atom. The molecule has 0 spiro atoms. The summed E-state index contributed by atoms with van der Waals surface area (Å²) in [5.41, 5.74) is 1.59. The first-order chi connectivity index (χ1) is 7.63. The molecule has 0 aliphatic heterocycles. The number of nitrogens with one attached hydrogen (secondary N) is 1. The fourth-order valence-corrected chi connectivity index (χ4v) is 1.64. The molecular formula is C12H11NO3. The van der Waals surface area contributed by atoms with E-state index in [1.807, 2.05) is 19.1 Å². The van der Waals surface area contributed by atoms with Crippen molar-refractivity contribution in [2.75, 3.05) is 7.11 Å². The summed E-state index contributed by atoms with van der Waals surface area (Å²) in [7, 11) is 1.28. The number of esters is 1. The molecule has 4 nitrogen and oxygen atoms in total. The Kier molecular flexibility index (Phi) is 2.48. The number of hydrogen-bond donors (Lipinski definition) is 1. The highest BCUT2D eigenvalue weighted by molar-refractivity contribution is 5.91. The second kappa shape index (κ2) is 3.81. The Balaban J connectivity index is 2.80. The van der Waals surface area contributed by atoms with Gasteiger partial charge in [0, 0.05) is 11.5 Å². The first-order valence-electron chi connectivity index (χ1n) is 4.84. The number of H-pyrrole nitrogens is 1. The van der Waals surface area contributed by atoms with Crippen molar-refractivity contribution in [3.63, 3.8) is 0 Å². The van der Waals surface area contributed by atoms with Gasteiger partial charge in [-0.15, -0.1) is 0 Å². The number of hydrogen-bond acceptors (Lipinski definition) is 3. The van der Waals surface area contributed by atoms with E-state index in [4.69, 9.17) is 0 Å².